The zero-order valence-electron chi connectivity index (χ0n) is 20.6. The predicted octanol–water partition coefficient (Wildman–Crippen LogP) is 0.868. The molecular formula is C24H40N4O7. The molecule has 3 amide bonds. The van der Waals surface area contributed by atoms with Gasteiger partial charge in [0.25, 0.3) is 0 Å². The minimum absolute atomic E-state index is 0.164. The number of hydrogen-bond acceptors (Lipinski definition) is 6. The van der Waals surface area contributed by atoms with E-state index in [1.807, 2.05) is 0 Å². The summed E-state index contributed by atoms with van der Waals surface area (Å²) in [7, 11) is 0. The Balaban J connectivity index is 1.91. The van der Waals surface area contributed by atoms with Gasteiger partial charge in [0.1, 0.15) is 11.6 Å². The van der Waals surface area contributed by atoms with Crippen LogP contribution in [0, 0.1) is 5.92 Å². The lowest BCUT2D eigenvalue weighted by atomic mass is 9.81. The molecule has 0 aromatic rings. The molecule has 2 fully saturated rings. The number of carboxylic acids is 2. The SMILES string of the molecule is CCN(CC(=O)N[C@@H](CC(=O)O)C(=O)NC1(C(=O)O)CCCCC1)C(=O)CCCC1CCNCC1. The van der Waals surface area contributed by atoms with Crippen molar-refractivity contribution in [2.45, 2.75) is 89.1 Å². The van der Waals surface area contributed by atoms with Crippen molar-refractivity contribution in [2.75, 3.05) is 26.2 Å². The normalized spacial score (nSPS) is 18.8. The number of aliphatic carboxylic acids is 2. The van der Waals surface area contributed by atoms with Crippen LogP contribution in [0.15, 0.2) is 0 Å². The van der Waals surface area contributed by atoms with Crippen LogP contribution in [0.2, 0.25) is 0 Å². The fraction of sp³-hybridized carbons (Fsp3) is 0.792. The largest absolute Gasteiger partial charge is 0.481 e. The third kappa shape index (κ3) is 9.12. The first kappa shape index (κ1) is 28.5. The highest BCUT2D eigenvalue weighted by atomic mass is 16.4. The monoisotopic (exact) mass is 496 g/mol. The van der Waals surface area contributed by atoms with E-state index in [0.29, 0.717) is 31.7 Å². The third-order valence-electron chi connectivity index (χ3n) is 7.04. The van der Waals surface area contributed by atoms with Gasteiger partial charge in [-0.05, 0) is 64.5 Å². The number of carboxylic acid groups (broad SMARTS) is 2. The highest BCUT2D eigenvalue weighted by molar-refractivity contribution is 5.95. The number of carbonyl (C=O) groups is 5. The minimum atomic E-state index is -1.46. The van der Waals surface area contributed by atoms with Crippen molar-refractivity contribution in [1.82, 2.24) is 20.9 Å². The number of carbonyl (C=O) groups excluding carboxylic acids is 3. The molecule has 11 nitrogen and oxygen atoms in total. The van der Waals surface area contributed by atoms with E-state index in [1.165, 1.54) is 4.90 Å². The van der Waals surface area contributed by atoms with Crippen molar-refractivity contribution in [3.63, 3.8) is 0 Å². The van der Waals surface area contributed by atoms with Crippen molar-refractivity contribution in [1.29, 1.82) is 0 Å². The summed E-state index contributed by atoms with van der Waals surface area (Å²) in [6.07, 6.45) is 6.16. The van der Waals surface area contributed by atoms with Gasteiger partial charge in [-0.25, -0.2) is 4.79 Å². The molecule has 1 saturated heterocycles. The Kier molecular flexibility index (Phi) is 11.4. The zero-order valence-corrected chi connectivity index (χ0v) is 20.6. The molecule has 1 saturated carbocycles. The molecule has 0 spiro atoms. The summed E-state index contributed by atoms with van der Waals surface area (Å²) in [5.74, 6) is -3.54. The highest BCUT2D eigenvalue weighted by Crippen LogP contribution is 2.28. The van der Waals surface area contributed by atoms with Gasteiger partial charge in [0, 0.05) is 13.0 Å². The topological polar surface area (TPSA) is 165 Å². The van der Waals surface area contributed by atoms with E-state index in [2.05, 4.69) is 16.0 Å². The van der Waals surface area contributed by atoms with Gasteiger partial charge in [0.15, 0.2) is 0 Å². The lowest BCUT2D eigenvalue weighted by Gasteiger charge is -2.35. The van der Waals surface area contributed by atoms with E-state index < -0.39 is 41.8 Å². The Bertz CT molecular complexity index is 761. The number of nitrogens with one attached hydrogen (secondary N) is 3. The van der Waals surface area contributed by atoms with Crippen LogP contribution in [0.1, 0.15) is 77.6 Å². The van der Waals surface area contributed by atoms with Crippen LogP contribution in [-0.2, 0) is 24.0 Å². The molecule has 35 heavy (non-hydrogen) atoms. The van der Waals surface area contributed by atoms with Crippen molar-refractivity contribution in [3.05, 3.63) is 0 Å². The molecule has 198 valence electrons. The Morgan fingerprint density at radius 3 is 2.29 bits per heavy atom. The maximum Gasteiger partial charge on any atom is 0.329 e. The summed E-state index contributed by atoms with van der Waals surface area (Å²) in [5.41, 5.74) is -1.46. The highest BCUT2D eigenvalue weighted by Gasteiger charge is 2.42. The fourth-order valence-electron chi connectivity index (χ4n) is 4.91. The van der Waals surface area contributed by atoms with Gasteiger partial charge >= 0.3 is 11.9 Å². The van der Waals surface area contributed by atoms with Gasteiger partial charge in [-0.2, -0.15) is 0 Å². The Hall–Kier alpha value is -2.69. The Labute approximate surface area is 206 Å². The van der Waals surface area contributed by atoms with Crippen LogP contribution in [0.5, 0.6) is 0 Å². The Morgan fingerprint density at radius 2 is 1.71 bits per heavy atom. The fourth-order valence-corrected chi connectivity index (χ4v) is 4.91. The smallest absolute Gasteiger partial charge is 0.329 e. The lowest BCUT2D eigenvalue weighted by molar-refractivity contribution is -0.150. The molecule has 0 unspecified atom stereocenters. The van der Waals surface area contributed by atoms with Gasteiger partial charge in [-0.1, -0.05) is 19.3 Å². The van der Waals surface area contributed by atoms with E-state index in [9.17, 15) is 34.2 Å². The molecule has 0 aromatic carbocycles. The van der Waals surface area contributed by atoms with E-state index in [1.54, 1.807) is 6.92 Å². The number of hydrogen-bond donors (Lipinski definition) is 5. The molecule has 0 bridgehead atoms. The van der Waals surface area contributed by atoms with Crippen molar-refractivity contribution < 1.29 is 34.2 Å². The van der Waals surface area contributed by atoms with Gasteiger partial charge in [0.2, 0.25) is 17.7 Å². The molecule has 0 radical (unpaired) electrons. The number of likely N-dealkylation sites (N-methyl/N-ethyl adjacent to an activating group) is 1. The molecule has 1 heterocycles. The van der Waals surface area contributed by atoms with Crippen LogP contribution >= 0.6 is 0 Å². The summed E-state index contributed by atoms with van der Waals surface area (Å²) < 4.78 is 0. The average molecular weight is 497 g/mol. The summed E-state index contributed by atoms with van der Waals surface area (Å²) in [6.45, 7) is 3.75. The quantitative estimate of drug-likeness (QED) is 0.250. The molecule has 5 N–H and O–H groups in total. The van der Waals surface area contributed by atoms with Gasteiger partial charge < -0.3 is 31.1 Å². The molecular weight excluding hydrogens is 456 g/mol. The van der Waals surface area contributed by atoms with Gasteiger partial charge in [-0.3, -0.25) is 19.2 Å². The lowest BCUT2D eigenvalue weighted by Crippen LogP contribution is -2.60. The van der Waals surface area contributed by atoms with Crippen LogP contribution < -0.4 is 16.0 Å². The van der Waals surface area contributed by atoms with Crippen LogP contribution in [0.4, 0.5) is 0 Å². The third-order valence-corrected chi connectivity index (χ3v) is 7.04. The second-order valence-corrected chi connectivity index (χ2v) is 9.65. The summed E-state index contributed by atoms with van der Waals surface area (Å²) in [4.78, 5) is 62.7. The molecule has 1 aliphatic carbocycles. The Morgan fingerprint density at radius 1 is 1.06 bits per heavy atom. The van der Waals surface area contributed by atoms with Crippen LogP contribution in [0.3, 0.4) is 0 Å². The van der Waals surface area contributed by atoms with E-state index in [0.717, 1.165) is 45.2 Å². The van der Waals surface area contributed by atoms with Crippen LogP contribution in [-0.4, -0.2) is 82.5 Å². The first-order valence-electron chi connectivity index (χ1n) is 12.7. The van der Waals surface area contributed by atoms with E-state index >= 15 is 0 Å². The molecule has 2 aliphatic rings. The zero-order chi connectivity index (χ0) is 25.8. The van der Waals surface area contributed by atoms with Crippen molar-refractivity contribution >= 4 is 29.7 Å². The standard InChI is InChI=1S/C24H40N4O7/c1-2-28(20(30)8-6-7-17-9-13-25-14-10-17)16-19(29)26-18(15-21(31)32)22(33)27-24(23(34)35)11-4-3-5-12-24/h17-18,25H,2-16H2,1H3,(H,26,29)(H,27,33)(H,31,32)(H,34,35)/t18-/m0/s1. The van der Waals surface area contributed by atoms with Crippen LogP contribution in [0.25, 0.3) is 0 Å². The minimum Gasteiger partial charge on any atom is -0.481 e. The first-order valence-corrected chi connectivity index (χ1v) is 12.7. The first-order chi connectivity index (χ1) is 16.7. The molecule has 0 aromatic heterocycles. The average Bonchev–Trinajstić information content (AvgIpc) is 2.82. The molecule has 1 aliphatic heterocycles. The van der Waals surface area contributed by atoms with Gasteiger partial charge in [-0.15, -0.1) is 0 Å². The molecule has 2 rings (SSSR count). The summed E-state index contributed by atoms with van der Waals surface area (Å²) in [5, 5.41) is 27.1. The summed E-state index contributed by atoms with van der Waals surface area (Å²) >= 11 is 0. The number of rotatable bonds is 13. The maximum atomic E-state index is 12.8. The summed E-state index contributed by atoms with van der Waals surface area (Å²) in [6, 6.07) is -1.44. The second-order valence-electron chi connectivity index (χ2n) is 9.65. The van der Waals surface area contributed by atoms with Gasteiger partial charge in [0.05, 0.1) is 13.0 Å². The van der Waals surface area contributed by atoms with E-state index in [4.69, 9.17) is 0 Å². The van der Waals surface area contributed by atoms with Crippen molar-refractivity contribution in [2.24, 2.45) is 5.92 Å². The molecule has 1 atom stereocenters. The number of amides is 3. The van der Waals surface area contributed by atoms with Crippen molar-refractivity contribution in [3.8, 4) is 0 Å². The van der Waals surface area contributed by atoms with E-state index in [-0.39, 0.29) is 25.3 Å². The number of piperidine rings is 1. The molecule has 11 heteroatoms. The predicted molar refractivity (Wildman–Crippen MR) is 127 cm³/mol. The second kappa shape index (κ2) is 14.0. The number of nitrogens with zero attached hydrogens (tertiary/aromatic N) is 1. The maximum absolute atomic E-state index is 12.8.